The lowest BCUT2D eigenvalue weighted by Crippen LogP contribution is -2.30. The molecule has 108 valence electrons. The molecule has 0 aliphatic rings. The van der Waals surface area contributed by atoms with Crippen molar-refractivity contribution in [1.82, 2.24) is 5.32 Å². The average Bonchev–Trinajstić information content (AvgIpc) is 2.38. The Morgan fingerprint density at radius 2 is 1.63 bits per heavy atom. The van der Waals surface area contributed by atoms with Gasteiger partial charge in [-0.2, -0.15) is 0 Å². The number of nitrogens with one attached hydrogen (secondary N) is 1. The topological polar surface area (TPSA) is 21.3 Å². The van der Waals surface area contributed by atoms with Crippen molar-refractivity contribution in [3.8, 4) is 5.75 Å². The first-order chi connectivity index (χ1) is 9.11. The highest BCUT2D eigenvalue weighted by molar-refractivity contribution is 5.20. The van der Waals surface area contributed by atoms with Crippen LogP contribution < -0.4 is 10.1 Å². The lowest BCUT2D eigenvalue weighted by Gasteiger charge is -2.25. The van der Waals surface area contributed by atoms with Gasteiger partial charge in [0.25, 0.3) is 0 Å². The minimum Gasteiger partial charge on any atom is -0.494 e. The molecule has 0 aliphatic heterocycles. The second-order valence-corrected chi connectivity index (χ2v) is 5.87. The second-order valence-electron chi connectivity index (χ2n) is 5.87. The minimum atomic E-state index is 0.744. The lowest BCUT2D eigenvalue weighted by atomic mass is 9.85. The fraction of sp³-hybridized carbons (Fsp3) is 0.647. The number of para-hydroxylation sites is 1. The monoisotopic (exact) mass is 263 g/mol. The highest BCUT2D eigenvalue weighted by atomic mass is 16.5. The van der Waals surface area contributed by atoms with Crippen LogP contribution in [0.4, 0.5) is 0 Å². The molecule has 2 nitrogen and oxygen atoms in total. The fourth-order valence-corrected chi connectivity index (χ4v) is 2.41. The molecule has 0 aromatic heterocycles. The highest BCUT2D eigenvalue weighted by Gasteiger charge is 2.16. The summed E-state index contributed by atoms with van der Waals surface area (Å²) in [5.41, 5.74) is 0. The van der Waals surface area contributed by atoms with E-state index >= 15 is 0 Å². The zero-order valence-corrected chi connectivity index (χ0v) is 12.9. The molecule has 1 aromatic rings. The van der Waals surface area contributed by atoms with Crippen molar-refractivity contribution in [2.24, 2.45) is 17.8 Å². The molecule has 1 rings (SSSR count). The summed E-state index contributed by atoms with van der Waals surface area (Å²) < 4.78 is 5.67. The van der Waals surface area contributed by atoms with Crippen LogP contribution in [0.2, 0.25) is 0 Å². The summed E-state index contributed by atoms with van der Waals surface area (Å²) in [5, 5.41) is 3.55. The molecular weight excluding hydrogens is 234 g/mol. The zero-order chi connectivity index (χ0) is 14.1. The van der Waals surface area contributed by atoms with E-state index in [0.717, 1.165) is 49.6 Å². The molecule has 0 bridgehead atoms. The zero-order valence-electron chi connectivity index (χ0n) is 12.9. The summed E-state index contributed by atoms with van der Waals surface area (Å²) >= 11 is 0. The Morgan fingerprint density at radius 3 is 2.21 bits per heavy atom. The number of ether oxygens (including phenoxy) is 1. The van der Waals surface area contributed by atoms with Crippen molar-refractivity contribution in [2.45, 2.75) is 34.1 Å². The SMILES string of the molecule is CC(C)C(CNCCCOc1ccccc1)C(C)C. The fourth-order valence-electron chi connectivity index (χ4n) is 2.41. The van der Waals surface area contributed by atoms with Gasteiger partial charge in [0.1, 0.15) is 5.75 Å². The van der Waals surface area contributed by atoms with Gasteiger partial charge in [0.2, 0.25) is 0 Å². The number of hydrogen-bond acceptors (Lipinski definition) is 2. The van der Waals surface area contributed by atoms with Gasteiger partial charge in [-0.1, -0.05) is 45.9 Å². The van der Waals surface area contributed by atoms with Crippen molar-refractivity contribution in [1.29, 1.82) is 0 Å². The predicted octanol–water partition coefficient (Wildman–Crippen LogP) is 3.97. The molecule has 0 heterocycles. The molecule has 0 fully saturated rings. The molecular formula is C17H29NO. The molecule has 0 saturated heterocycles. The minimum absolute atomic E-state index is 0.744. The van der Waals surface area contributed by atoms with Crippen LogP contribution in [0.5, 0.6) is 5.75 Å². The van der Waals surface area contributed by atoms with E-state index in [1.165, 1.54) is 0 Å². The van der Waals surface area contributed by atoms with Crippen molar-refractivity contribution in [3.63, 3.8) is 0 Å². The third kappa shape index (κ3) is 6.63. The predicted molar refractivity (Wildman–Crippen MR) is 82.6 cm³/mol. The summed E-state index contributed by atoms with van der Waals surface area (Å²) in [7, 11) is 0. The van der Waals surface area contributed by atoms with Gasteiger partial charge in [0.05, 0.1) is 6.61 Å². The van der Waals surface area contributed by atoms with E-state index in [-0.39, 0.29) is 0 Å². The maximum atomic E-state index is 5.67. The van der Waals surface area contributed by atoms with Gasteiger partial charge >= 0.3 is 0 Å². The maximum absolute atomic E-state index is 5.67. The van der Waals surface area contributed by atoms with Crippen LogP contribution in [-0.4, -0.2) is 19.7 Å². The third-order valence-electron chi connectivity index (χ3n) is 3.60. The first kappa shape index (κ1) is 16.0. The normalized spacial score (nSPS) is 11.5. The smallest absolute Gasteiger partial charge is 0.119 e. The van der Waals surface area contributed by atoms with Crippen molar-refractivity contribution < 1.29 is 4.74 Å². The Balaban J connectivity index is 2.08. The molecule has 0 unspecified atom stereocenters. The summed E-state index contributed by atoms with van der Waals surface area (Å²) in [4.78, 5) is 0. The first-order valence-electron chi connectivity index (χ1n) is 7.49. The van der Waals surface area contributed by atoms with E-state index in [2.05, 4.69) is 33.0 Å². The lowest BCUT2D eigenvalue weighted by molar-refractivity contribution is 0.267. The standard InChI is InChI=1S/C17H29NO/c1-14(2)17(15(3)4)13-18-11-8-12-19-16-9-6-5-7-10-16/h5-7,9-10,14-15,17-18H,8,11-13H2,1-4H3. The highest BCUT2D eigenvalue weighted by Crippen LogP contribution is 2.19. The molecule has 0 aliphatic carbocycles. The van der Waals surface area contributed by atoms with Gasteiger partial charge in [0.15, 0.2) is 0 Å². The van der Waals surface area contributed by atoms with E-state index < -0.39 is 0 Å². The van der Waals surface area contributed by atoms with Crippen LogP contribution in [0.25, 0.3) is 0 Å². The Morgan fingerprint density at radius 1 is 1.00 bits per heavy atom. The second kappa shape index (κ2) is 8.98. The average molecular weight is 263 g/mol. The van der Waals surface area contributed by atoms with Gasteiger partial charge in [-0.25, -0.2) is 0 Å². The molecule has 1 N–H and O–H groups in total. The van der Waals surface area contributed by atoms with Crippen LogP contribution in [0.1, 0.15) is 34.1 Å². The van der Waals surface area contributed by atoms with Gasteiger partial charge in [-0.05, 0) is 49.4 Å². The van der Waals surface area contributed by atoms with Crippen LogP contribution in [0.15, 0.2) is 30.3 Å². The Bertz CT molecular complexity index is 313. The molecule has 0 amide bonds. The molecule has 0 atom stereocenters. The van der Waals surface area contributed by atoms with Crippen LogP contribution in [0, 0.1) is 17.8 Å². The van der Waals surface area contributed by atoms with Gasteiger partial charge in [-0.15, -0.1) is 0 Å². The Hall–Kier alpha value is -1.02. The van der Waals surface area contributed by atoms with Crippen LogP contribution in [-0.2, 0) is 0 Å². The molecule has 0 radical (unpaired) electrons. The van der Waals surface area contributed by atoms with Crippen LogP contribution >= 0.6 is 0 Å². The van der Waals surface area contributed by atoms with Crippen LogP contribution in [0.3, 0.4) is 0 Å². The third-order valence-corrected chi connectivity index (χ3v) is 3.60. The van der Waals surface area contributed by atoms with Gasteiger partial charge in [-0.3, -0.25) is 0 Å². The van der Waals surface area contributed by atoms with Gasteiger partial charge < -0.3 is 10.1 Å². The summed E-state index contributed by atoms with van der Waals surface area (Å²) in [6.45, 7) is 12.2. The van der Waals surface area contributed by atoms with Crippen molar-refractivity contribution in [3.05, 3.63) is 30.3 Å². The molecule has 0 spiro atoms. The molecule has 0 saturated carbocycles. The number of hydrogen-bond donors (Lipinski definition) is 1. The summed E-state index contributed by atoms with van der Waals surface area (Å²) in [5.74, 6) is 3.21. The van der Waals surface area contributed by atoms with E-state index in [9.17, 15) is 0 Å². The largest absolute Gasteiger partial charge is 0.494 e. The van der Waals surface area contributed by atoms with E-state index in [1.807, 2.05) is 30.3 Å². The quantitative estimate of drug-likeness (QED) is 0.681. The van der Waals surface area contributed by atoms with E-state index in [4.69, 9.17) is 4.74 Å². The summed E-state index contributed by atoms with van der Waals surface area (Å²) in [6, 6.07) is 10.0. The van der Waals surface area contributed by atoms with Crippen molar-refractivity contribution >= 4 is 0 Å². The molecule has 19 heavy (non-hydrogen) atoms. The van der Waals surface area contributed by atoms with Crippen molar-refractivity contribution in [2.75, 3.05) is 19.7 Å². The molecule has 1 aromatic carbocycles. The van der Waals surface area contributed by atoms with E-state index in [1.54, 1.807) is 0 Å². The maximum Gasteiger partial charge on any atom is 0.119 e. The van der Waals surface area contributed by atoms with Gasteiger partial charge in [0, 0.05) is 0 Å². The van der Waals surface area contributed by atoms with E-state index in [0.29, 0.717) is 0 Å². The number of benzene rings is 1. The molecule has 2 heteroatoms. The summed E-state index contributed by atoms with van der Waals surface area (Å²) in [6.07, 6.45) is 1.05. The number of rotatable bonds is 9. The first-order valence-corrected chi connectivity index (χ1v) is 7.49. The Labute approximate surface area is 118 Å². The Kier molecular flexibility index (Phi) is 7.57.